The molecule has 2 heterocycles. The van der Waals surface area contributed by atoms with Crippen LogP contribution in [0.4, 0.5) is 0 Å². The number of aryl methyl sites for hydroxylation is 1. The first-order chi connectivity index (χ1) is 14.5. The van der Waals surface area contributed by atoms with E-state index >= 15 is 0 Å². The number of morpholine rings is 1. The van der Waals surface area contributed by atoms with Crippen LogP contribution in [0.2, 0.25) is 0 Å². The number of hydrogen-bond acceptors (Lipinski definition) is 6. The van der Waals surface area contributed by atoms with Gasteiger partial charge in [0.1, 0.15) is 5.75 Å². The van der Waals surface area contributed by atoms with Crippen LogP contribution in [-0.4, -0.2) is 55.7 Å². The highest BCUT2D eigenvalue weighted by Crippen LogP contribution is 2.29. The van der Waals surface area contributed by atoms with Gasteiger partial charge < -0.3 is 14.0 Å². The van der Waals surface area contributed by atoms with E-state index in [1.807, 2.05) is 30.3 Å². The lowest BCUT2D eigenvalue weighted by atomic mass is 10.2. The van der Waals surface area contributed by atoms with Gasteiger partial charge in [-0.3, -0.25) is 0 Å². The molecule has 0 amide bonds. The number of rotatable bonds is 7. The lowest BCUT2D eigenvalue weighted by molar-refractivity contribution is 0.0730. The zero-order chi connectivity index (χ0) is 21.1. The molecule has 1 aliphatic heterocycles. The number of aromatic nitrogens is 2. The minimum Gasteiger partial charge on any atom is -0.497 e. The minimum absolute atomic E-state index is 0.282. The third-order valence-corrected chi connectivity index (χ3v) is 8.08. The highest BCUT2D eigenvalue weighted by atomic mass is 32.2. The maximum absolute atomic E-state index is 13.0. The second-order valence-electron chi connectivity index (χ2n) is 6.94. The quantitative estimate of drug-likeness (QED) is 0.517. The molecule has 0 aliphatic carbocycles. The van der Waals surface area contributed by atoms with Crippen LogP contribution >= 0.6 is 11.8 Å². The Morgan fingerprint density at radius 2 is 1.87 bits per heavy atom. The molecule has 4 rings (SSSR count). The second kappa shape index (κ2) is 8.97. The summed E-state index contributed by atoms with van der Waals surface area (Å²) in [6.07, 6.45) is 0. The van der Waals surface area contributed by atoms with Crippen LogP contribution in [0, 0.1) is 0 Å². The van der Waals surface area contributed by atoms with E-state index in [9.17, 15) is 8.42 Å². The molecule has 1 fully saturated rings. The number of fused-ring (bicyclic) bond motifs is 1. The van der Waals surface area contributed by atoms with E-state index in [4.69, 9.17) is 14.5 Å². The molecular formula is C21H25N3O4S2. The molecule has 0 saturated carbocycles. The minimum atomic E-state index is -3.54. The Hall–Kier alpha value is -2.07. The second-order valence-corrected chi connectivity index (χ2v) is 9.82. The summed E-state index contributed by atoms with van der Waals surface area (Å²) in [6, 6.07) is 13.2. The van der Waals surface area contributed by atoms with Crippen molar-refractivity contribution in [3.05, 3.63) is 48.0 Å². The van der Waals surface area contributed by atoms with Crippen LogP contribution < -0.4 is 4.74 Å². The molecule has 2 aromatic carbocycles. The standard InChI is InChI=1S/C21H25N3O4S2/c1-3-24-20-9-8-18(30(25,26)23-10-12-28-13-11-23)14-19(20)22-21(24)29-15-16-4-6-17(27-2)7-5-16/h4-9,14H,3,10-13,15H2,1-2H3. The van der Waals surface area contributed by atoms with Crippen molar-refractivity contribution in [3.63, 3.8) is 0 Å². The number of thioether (sulfide) groups is 1. The summed E-state index contributed by atoms with van der Waals surface area (Å²) < 4.78 is 40.0. The number of benzene rings is 2. The van der Waals surface area contributed by atoms with E-state index in [2.05, 4.69) is 11.5 Å². The van der Waals surface area contributed by atoms with Crippen molar-refractivity contribution in [2.45, 2.75) is 29.3 Å². The van der Waals surface area contributed by atoms with E-state index in [1.165, 1.54) is 9.87 Å². The van der Waals surface area contributed by atoms with Crippen molar-refractivity contribution in [3.8, 4) is 5.75 Å². The smallest absolute Gasteiger partial charge is 0.243 e. The van der Waals surface area contributed by atoms with Gasteiger partial charge in [-0.15, -0.1) is 0 Å². The third kappa shape index (κ3) is 4.20. The monoisotopic (exact) mass is 447 g/mol. The maximum Gasteiger partial charge on any atom is 0.243 e. The van der Waals surface area contributed by atoms with Crippen LogP contribution in [0.3, 0.4) is 0 Å². The summed E-state index contributed by atoms with van der Waals surface area (Å²) >= 11 is 1.64. The third-order valence-electron chi connectivity index (χ3n) is 5.14. The van der Waals surface area contributed by atoms with E-state index in [0.717, 1.165) is 28.7 Å². The fraction of sp³-hybridized carbons (Fsp3) is 0.381. The zero-order valence-electron chi connectivity index (χ0n) is 17.1. The molecule has 0 unspecified atom stereocenters. The number of hydrogen-bond donors (Lipinski definition) is 0. The number of methoxy groups -OCH3 is 1. The van der Waals surface area contributed by atoms with E-state index in [0.29, 0.717) is 31.8 Å². The summed E-state index contributed by atoms with van der Waals surface area (Å²) in [5, 5.41) is 0.879. The highest BCUT2D eigenvalue weighted by molar-refractivity contribution is 7.98. The summed E-state index contributed by atoms with van der Waals surface area (Å²) in [4.78, 5) is 5.03. The van der Waals surface area contributed by atoms with E-state index in [1.54, 1.807) is 31.0 Å². The SMILES string of the molecule is CCn1c(SCc2ccc(OC)cc2)nc2cc(S(=O)(=O)N3CCOCC3)ccc21. The number of imidazole rings is 1. The van der Waals surface area contributed by atoms with Gasteiger partial charge in [-0.2, -0.15) is 4.31 Å². The van der Waals surface area contributed by atoms with Gasteiger partial charge in [-0.1, -0.05) is 23.9 Å². The molecule has 0 bridgehead atoms. The van der Waals surface area contributed by atoms with Gasteiger partial charge in [0.15, 0.2) is 5.16 Å². The van der Waals surface area contributed by atoms with Gasteiger partial charge in [-0.05, 0) is 42.8 Å². The predicted molar refractivity (Wildman–Crippen MR) is 118 cm³/mol. The molecule has 30 heavy (non-hydrogen) atoms. The number of sulfonamides is 1. The molecule has 0 spiro atoms. The number of nitrogens with zero attached hydrogens (tertiary/aromatic N) is 3. The van der Waals surface area contributed by atoms with Gasteiger partial charge in [0, 0.05) is 25.4 Å². The maximum atomic E-state index is 13.0. The van der Waals surface area contributed by atoms with Crippen molar-refractivity contribution < 1.29 is 17.9 Å². The molecule has 1 aliphatic rings. The first-order valence-corrected chi connectivity index (χ1v) is 12.3. The average Bonchev–Trinajstić information content (AvgIpc) is 3.15. The van der Waals surface area contributed by atoms with Gasteiger partial charge in [0.25, 0.3) is 0 Å². The Bertz CT molecular complexity index is 1120. The number of ether oxygens (including phenoxy) is 2. The molecule has 160 valence electrons. The molecule has 0 N–H and O–H groups in total. The molecule has 0 radical (unpaired) electrons. The van der Waals surface area contributed by atoms with Crippen LogP contribution in [0.5, 0.6) is 5.75 Å². The fourth-order valence-electron chi connectivity index (χ4n) is 3.47. The van der Waals surface area contributed by atoms with E-state index in [-0.39, 0.29) is 4.90 Å². The molecule has 0 atom stereocenters. The van der Waals surface area contributed by atoms with Gasteiger partial charge >= 0.3 is 0 Å². The van der Waals surface area contributed by atoms with Crippen LogP contribution in [0.15, 0.2) is 52.5 Å². The molecule has 1 saturated heterocycles. The average molecular weight is 448 g/mol. The Labute approximate surface area is 181 Å². The molecular weight excluding hydrogens is 422 g/mol. The Morgan fingerprint density at radius 1 is 1.13 bits per heavy atom. The zero-order valence-corrected chi connectivity index (χ0v) is 18.7. The van der Waals surface area contributed by atoms with Crippen molar-refractivity contribution in [2.75, 3.05) is 33.4 Å². The lowest BCUT2D eigenvalue weighted by Gasteiger charge is -2.26. The summed E-state index contributed by atoms with van der Waals surface area (Å²) in [6.45, 7) is 4.45. The van der Waals surface area contributed by atoms with Crippen molar-refractivity contribution in [1.29, 1.82) is 0 Å². The Balaban J connectivity index is 1.60. The first kappa shape index (κ1) is 21.2. The topological polar surface area (TPSA) is 73.7 Å². The van der Waals surface area contributed by atoms with Gasteiger partial charge in [0.2, 0.25) is 10.0 Å². The fourth-order valence-corrected chi connectivity index (χ4v) is 5.93. The summed E-state index contributed by atoms with van der Waals surface area (Å²) in [5.74, 6) is 1.60. The van der Waals surface area contributed by atoms with Crippen molar-refractivity contribution in [1.82, 2.24) is 13.9 Å². The molecule has 3 aromatic rings. The lowest BCUT2D eigenvalue weighted by Crippen LogP contribution is -2.40. The van der Waals surface area contributed by atoms with Crippen LogP contribution in [0.1, 0.15) is 12.5 Å². The predicted octanol–water partition coefficient (Wildman–Crippen LogP) is 3.38. The Kier molecular flexibility index (Phi) is 6.33. The summed E-state index contributed by atoms with van der Waals surface area (Å²) in [5.41, 5.74) is 2.81. The van der Waals surface area contributed by atoms with Gasteiger partial charge in [0.05, 0.1) is 36.3 Å². The highest BCUT2D eigenvalue weighted by Gasteiger charge is 2.27. The largest absolute Gasteiger partial charge is 0.497 e. The first-order valence-electron chi connectivity index (χ1n) is 9.87. The Morgan fingerprint density at radius 3 is 2.53 bits per heavy atom. The normalized spacial score (nSPS) is 15.5. The molecule has 9 heteroatoms. The van der Waals surface area contributed by atoms with E-state index < -0.39 is 10.0 Å². The van der Waals surface area contributed by atoms with Crippen LogP contribution in [0.25, 0.3) is 11.0 Å². The van der Waals surface area contributed by atoms with Gasteiger partial charge in [-0.25, -0.2) is 13.4 Å². The van der Waals surface area contributed by atoms with Crippen molar-refractivity contribution >= 4 is 32.8 Å². The molecule has 1 aromatic heterocycles. The van der Waals surface area contributed by atoms with Crippen LogP contribution in [-0.2, 0) is 27.1 Å². The molecule has 7 nitrogen and oxygen atoms in total. The van der Waals surface area contributed by atoms with Crippen molar-refractivity contribution in [2.24, 2.45) is 0 Å². The summed E-state index contributed by atoms with van der Waals surface area (Å²) in [7, 11) is -1.89.